The lowest BCUT2D eigenvalue weighted by Crippen LogP contribution is -2.26. The van der Waals surface area contributed by atoms with Gasteiger partial charge >= 0.3 is 11.9 Å². The molecular formula is C28H28N2O5. The van der Waals surface area contributed by atoms with Gasteiger partial charge in [-0.05, 0) is 62.1 Å². The lowest BCUT2D eigenvalue weighted by atomic mass is 9.95. The number of carboxylic acids is 1. The summed E-state index contributed by atoms with van der Waals surface area (Å²) < 4.78 is 13.3. The average molecular weight is 473 g/mol. The van der Waals surface area contributed by atoms with Gasteiger partial charge in [0, 0.05) is 0 Å². The van der Waals surface area contributed by atoms with Crippen LogP contribution in [0.4, 0.5) is 0 Å². The maximum Gasteiger partial charge on any atom is 0.336 e. The van der Waals surface area contributed by atoms with Crippen LogP contribution in [0.5, 0.6) is 5.88 Å². The molecular weight excluding hydrogens is 444 g/mol. The normalized spacial score (nSPS) is 12.4. The lowest BCUT2D eigenvalue weighted by Gasteiger charge is -2.25. The van der Waals surface area contributed by atoms with Crippen LogP contribution < -0.4 is 4.74 Å². The number of aromatic nitrogens is 2. The van der Waals surface area contributed by atoms with Crippen molar-refractivity contribution in [3.63, 3.8) is 0 Å². The first kappa shape index (κ1) is 24.0. The smallest absolute Gasteiger partial charge is 0.336 e. The van der Waals surface area contributed by atoms with Crippen molar-refractivity contribution in [2.45, 2.75) is 33.8 Å². The molecule has 0 saturated heterocycles. The molecule has 180 valence electrons. The predicted octanol–water partition coefficient (Wildman–Crippen LogP) is 5.70. The number of benzene rings is 2. The number of carboxylic acid groups (broad SMARTS) is 1. The number of aromatic carboxylic acids is 1. The zero-order valence-corrected chi connectivity index (χ0v) is 20.4. The second kappa shape index (κ2) is 9.25. The number of hydrogen-bond acceptors (Lipinski definition) is 5. The van der Waals surface area contributed by atoms with Crippen LogP contribution in [0.15, 0.2) is 66.9 Å². The fourth-order valence-corrected chi connectivity index (χ4v) is 3.85. The largest absolute Gasteiger partial charge is 0.480 e. The molecule has 4 rings (SSSR count). The van der Waals surface area contributed by atoms with E-state index in [4.69, 9.17) is 9.47 Å². The molecule has 0 saturated carbocycles. The number of methoxy groups -OCH3 is 1. The van der Waals surface area contributed by atoms with Crippen LogP contribution >= 0.6 is 0 Å². The molecule has 0 fully saturated rings. The Morgan fingerprint density at radius 3 is 2.31 bits per heavy atom. The average Bonchev–Trinajstić information content (AvgIpc) is 3.28. The van der Waals surface area contributed by atoms with E-state index in [0.717, 1.165) is 22.4 Å². The zero-order valence-electron chi connectivity index (χ0n) is 20.4. The minimum atomic E-state index is -0.988. The second-order valence-electron chi connectivity index (χ2n) is 9.43. The summed E-state index contributed by atoms with van der Waals surface area (Å²) in [6.07, 6.45) is 1.06. The summed E-state index contributed by atoms with van der Waals surface area (Å²) >= 11 is 0. The van der Waals surface area contributed by atoms with Crippen molar-refractivity contribution >= 4 is 17.6 Å². The van der Waals surface area contributed by atoms with Gasteiger partial charge in [0.05, 0.1) is 30.0 Å². The van der Waals surface area contributed by atoms with E-state index >= 15 is 0 Å². The van der Waals surface area contributed by atoms with Crippen molar-refractivity contribution in [3.05, 3.63) is 89.2 Å². The summed E-state index contributed by atoms with van der Waals surface area (Å²) in [5.41, 5.74) is 4.03. The predicted molar refractivity (Wildman–Crippen MR) is 133 cm³/mol. The SMILES string of the molecule is COc1cn2c(C(OC(=O)C(C)(C)C)c3ccc(-c4ccccc4C(=O)O)cc3)ccc(C)c2n1. The van der Waals surface area contributed by atoms with Crippen molar-refractivity contribution in [3.8, 4) is 17.0 Å². The zero-order chi connectivity index (χ0) is 25.3. The molecule has 1 atom stereocenters. The number of pyridine rings is 1. The molecule has 2 heterocycles. The van der Waals surface area contributed by atoms with Crippen molar-refractivity contribution in [2.24, 2.45) is 5.41 Å². The van der Waals surface area contributed by atoms with Crippen LogP contribution in [-0.4, -0.2) is 33.5 Å². The van der Waals surface area contributed by atoms with Gasteiger partial charge in [-0.15, -0.1) is 0 Å². The third-order valence-corrected chi connectivity index (χ3v) is 5.82. The third kappa shape index (κ3) is 4.75. The molecule has 7 heteroatoms. The highest BCUT2D eigenvalue weighted by molar-refractivity contribution is 5.96. The summed E-state index contributed by atoms with van der Waals surface area (Å²) in [5.74, 6) is -0.872. The fourth-order valence-electron chi connectivity index (χ4n) is 3.85. The Morgan fingerprint density at radius 1 is 1.00 bits per heavy atom. The first-order valence-corrected chi connectivity index (χ1v) is 11.3. The van der Waals surface area contributed by atoms with Crippen molar-refractivity contribution in [1.29, 1.82) is 0 Å². The highest BCUT2D eigenvalue weighted by atomic mass is 16.5. The number of nitrogens with zero attached hydrogens (tertiary/aromatic N) is 2. The minimum absolute atomic E-state index is 0.224. The first-order valence-electron chi connectivity index (χ1n) is 11.3. The van der Waals surface area contributed by atoms with Gasteiger partial charge in [-0.25, -0.2) is 4.79 Å². The van der Waals surface area contributed by atoms with Crippen LogP contribution in [0.3, 0.4) is 0 Å². The van der Waals surface area contributed by atoms with Crippen LogP contribution in [0.1, 0.15) is 54.1 Å². The van der Waals surface area contributed by atoms with E-state index < -0.39 is 17.5 Å². The van der Waals surface area contributed by atoms with E-state index in [9.17, 15) is 14.7 Å². The fraction of sp³-hybridized carbons (Fsp3) is 0.250. The van der Waals surface area contributed by atoms with E-state index in [0.29, 0.717) is 17.1 Å². The Labute approximate surface area is 204 Å². The summed E-state index contributed by atoms with van der Waals surface area (Å²) in [7, 11) is 1.56. The summed E-state index contributed by atoms with van der Waals surface area (Å²) in [6.45, 7) is 7.38. The van der Waals surface area contributed by atoms with Gasteiger partial charge in [-0.1, -0.05) is 48.5 Å². The molecule has 0 aliphatic rings. The molecule has 0 spiro atoms. The van der Waals surface area contributed by atoms with Gasteiger partial charge in [0.1, 0.15) is 5.65 Å². The van der Waals surface area contributed by atoms with E-state index in [1.165, 1.54) is 0 Å². The number of fused-ring (bicyclic) bond motifs is 1. The first-order chi connectivity index (χ1) is 16.6. The van der Waals surface area contributed by atoms with Crippen LogP contribution in [0.2, 0.25) is 0 Å². The van der Waals surface area contributed by atoms with Gasteiger partial charge in [0.25, 0.3) is 0 Å². The molecule has 7 nitrogen and oxygen atoms in total. The van der Waals surface area contributed by atoms with Gasteiger partial charge < -0.3 is 14.6 Å². The standard InChI is InChI=1S/C28H28N2O5/c1-17-10-15-22(30-16-23(34-5)29-25(17)30)24(35-27(33)28(2,3)4)19-13-11-18(12-14-19)20-8-6-7-9-21(20)26(31)32/h6-16,24H,1-5H3,(H,31,32). The van der Waals surface area contributed by atoms with Crippen LogP contribution in [-0.2, 0) is 9.53 Å². The maximum absolute atomic E-state index is 13.0. The molecule has 0 radical (unpaired) electrons. The number of carbonyl (C=O) groups is 2. The molecule has 0 aliphatic carbocycles. The molecule has 2 aromatic carbocycles. The highest BCUT2D eigenvalue weighted by Crippen LogP contribution is 2.33. The number of hydrogen-bond donors (Lipinski definition) is 1. The topological polar surface area (TPSA) is 90.1 Å². The number of esters is 1. The Balaban J connectivity index is 1.83. The number of ether oxygens (including phenoxy) is 2. The quantitative estimate of drug-likeness (QED) is 0.362. The monoisotopic (exact) mass is 472 g/mol. The van der Waals surface area contributed by atoms with Crippen molar-refractivity contribution < 1.29 is 24.2 Å². The highest BCUT2D eigenvalue weighted by Gasteiger charge is 2.30. The Hall–Kier alpha value is -4.13. The Morgan fingerprint density at radius 2 is 1.69 bits per heavy atom. The van der Waals surface area contributed by atoms with E-state index in [1.54, 1.807) is 37.6 Å². The molecule has 0 bridgehead atoms. The molecule has 1 N–H and O–H groups in total. The Kier molecular flexibility index (Phi) is 6.35. The molecule has 0 amide bonds. The number of rotatable bonds is 6. The van der Waals surface area contributed by atoms with Gasteiger partial charge in [0.2, 0.25) is 5.88 Å². The van der Waals surface area contributed by atoms with E-state index in [-0.39, 0.29) is 11.5 Å². The summed E-state index contributed by atoms with van der Waals surface area (Å²) in [5, 5.41) is 9.56. The van der Waals surface area contributed by atoms with Gasteiger partial charge in [-0.3, -0.25) is 9.20 Å². The van der Waals surface area contributed by atoms with Crippen molar-refractivity contribution in [1.82, 2.24) is 9.38 Å². The molecule has 1 unspecified atom stereocenters. The van der Waals surface area contributed by atoms with E-state index in [2.05, 4.69) is 4.98 Å². The minimum Gasteiger partial charge on any atom is -0.480 e. The Bertz CT molecular complexity index is 1400. The van der Waals surface area contributed by atoms with Crippen LogP contribution in [0, 0.1) is 12.3 Å². The lowest BCUT2D eigenvalue weighted by molar-refractivity contribution is -0.157. The van der Waals surface area contributed by atoms with Crippen molar-refractivity contribution in [2.75, 3.05) is 7.11 Å². The van der Waals surface area contributed by atoms with Gasteiger partial charge in [-0.2, -0.15) is 4.98 Å². The second-order valence-corrected chi connectivity index (χ2v) is 9.43. The summed E-state index contributed by atoms with van der Waals surface area (Å²) in [6, 6.07) is 18.1. The number of aryl methyl sites for hydroxylation is 1. The maximum atomic E-state index is 13.0. The molecule has 2 aromatic heterocycles. The summed E-state index contributed by atoms with van der Waals surface area (Å²) in [4.78, 5) is 29.1. The molecule has 0 aliphatic heterocycles. The molecule has 35 heavy (non-hydrogen) atoms. The molecule has 4 aromatic rings. The third-order valence-electron chi connectivity index (χ3n) is 5.82. The van der Waals surface area contributed by atoms with E-state index in [1.807, 2.05) is 68.5 Å². The number of imidazole rings is 1. The number of carbonyl (C=O) groups excluding carboxylic acids is 1. The van der Waals surface area contributed by atoms with Crippen LogP contribution in [0.25, 0.3) is 16.8 Å². The van der Waals surface area contributed by atoms with Gasteiger partial charge in [0.15, 0.2) is 6.10 Å².